The van der Waals surface area contributed by atoms with Gasteiger partial charge in [0.05, 0.1) is 0 Å². The molecule has 3 aliphatic rings. The molecule has 0 bridgehead atoms. The van der Waals surface area contributed by atoms with Crippen LogP contribution in [-0.4, -0.2) is 71.8 Å². The lowest BCUT2D eigenvalue weighted by Gasteiger charge is -2.43. The van der Waals surface area contributed by atoms with E-state index in [0.717, 1.165) is 31.6 Å². The van der Waals surface area contributed by atoms with E-state index in [2.05, 4.69) is 15.1 Å². The van der Waals surface area contributed by atoms with Crippen molar-refractivity contribution in [3.8, 4) is 0 Å². The van der Waals surface area contributed by atoms with E-state index in [1.165, 1.54) is 4.90 Å². The first-order valence-corrected chi connectivity index (χ1v) is 9.53. The Kier molecular flexibility index (Phi) is 4.54. The van der Waals surface area contributed by atoms with Crippen molar-refractivity contribution in [2.75, 3.05) is 31.6 Å². The van der Waals surface area contributed by atoms with E-state index in [0.29, 0.717) is 11.6 Å². The first kappa shape index (κ1) is 17.6. The third-order valence-electron chi connectivity index (χ3n) is 5.46. The van der Waals surface area contributed by atoms with Crippen LogP contribution in [0.2, 0.25) is 5.02 Å². The Morgan fingerprint density at radius 1 is 1.27 bits per heavy atom. The van der Waals surface area contributed by atoms with Crippen LogP contribution in [0.3, 0.4) is 0 Å². The van der Waals surface area contributed by atoms with Gasteiger partial charge in [-0.25, -0.2) is 4.79 Å². The fraction of sp³-hybridized carbons (Fsp3) is 0.556. The zero-order valence-electron chi connectivity index (χ0n) is 15.1. The minimum atomic E-state index is -0.351. The number of urea groups is 1. The molecule has 4 rings (SSSR count). The summed E-state index contributed by atoms with van der Waals surface area (Å²) in [7, 11) is 1.77. The van der Waals surface area contributed by atoms with Gasteiger partial charge in [0.1, 0.15) is 18.5 Å². The number of hydrogen-bond donors (Lipinski definition) is 1. The number of carbonyl (C=O) groups is 2. The first-order chi connectivity index (χ1) is 12.5. The standard InChI is InChI=1S/C18H24ClN5O2/c1-3-8-24-16(25)14-15(21(2)18(24)26)20-17-22(9-5-10-23(14)17)13-7-4-6-12(19)11-13/h4,6-7,11,14-15,17,20H,3,5,8-10H2,1-2H3. The summed E-state index contributed by atoms with van der Waals surface area (Å²) in [4.78, 5) is 33.1. The Hall–Kier alpha value is -1.83. The van der Waals surface area contributed by atoms with Crippen molar-refractivity contribution < 1.29 is 9.59 Å². The fourth-order valence-corrected chi connectivity index (χ4v) is 4.45. The summed E-state index contributed by atoms with van der Waals surface area (Å²) in [5.41, 5.74) is 1.02. The summed E-state index contributed by atoms with van der Waals surface area (Å²) in [6.45, 7) is 4.13. The topological polar surface area (TPSA) is 59.1 Å². The zero-order chi connectivity index (χ0) is 18.4. The van der Waals surface area contributed by atoms with E-state index in [9.17, 15) is 9.59 Å². The molecule has 140 valence electrons. The molecule has 8 heteroatoms. The number of benzene rings is 1. The van der Waals surface area contributed by atoms with Crippen LogP contribution in [0.5, 0.6) is 0 Å². The Morgan fingerprint density at radius 2 is 2.08 bits per heavy atom. The summed E-state index contributed by atoms with van der Waals surface area (Å²) in [5, 5.41) is 4.19. The summed E-state index contributed by atoms with van der Waals surface area (Å²) in [5.74, 6) is -0.0945. The van der Waals surface area contributed by atoms with Crippen LogP contribution in [0.25, 0.3) is 0 Å². The van der Waals surface area contributed by atoms with Crippen molar-refractivity contribution in [1.82, 2.24) is 20.0 Å². The molecule has 3 saturated heterocycles. The van der Waals surface area contributed by atoms with E-state index in [4.69, 9.17) is 11.6 Å². The molecule has 0 saturated carbocycles. The van der Waals surface area contributed by atoms with E-state index in [-0.39, 0.29) is 30.4 Å². The van der Waals surface area contributed by atoms with Gasteiger partial charge in [0, 0.05) is 37.4 Å². The third-order valence-corrected chi connectivity index (χ3v) is 5.69. The summed E-state index contributed by atoms with van der Waals surface area (Å²) in [6.07, 6.45) is 1.27. The van der Waals surface area contributed by atoms with Crippen molar-refractivity contribution in [3.05, 3.63) is 29.3 Å². The Labute approximate surface area is 158 Å². The molecule has 3 fully saturated rings. The number of nitrogens with one attached hydrogen (secondary N) is 1. The maximum atomic E-state index is 13.1. The maximum Gasteiger partial charge on any atom is 0.327 e. The number of anilines is 1. The lowest BCUT2D eigenvalue weighted by atomic mass is 10.1. The fourth-order valence-electron chi connectivity index (χ4n) is 4.27. The van der Waals surface area contributed by atoms with Gasteiger partial charge in [-0.05, 0) is 31.0 Å². The number of amides is 3. The van der Waals surface area contributed by atoms with E-state index in [1.807, 2.05) is 31.2 Å². The lowest BCUT2D eigenvalue weighted by Crippen LogP contribution is -2.66. The average molecular weight is 378 g/mol. The van der Waals surface area contributed by atoms with Crippen LogP contribution in [0.4, 0.5) is 10.5 Å². The molecule has 3 amide bonds. The van der Waals surface area contributed by atoms with Crippen LogP contribution in [0.15, 0.2) is 24.3 Å². The molecule has 0 aromatic heterocycles. The monoisotopic (exact) mass is 377 g/mol. The van der Waals surface area contributed by atoms with Gasteiger partial charge in [-0.1, -0.05) is 24.6 Å². The quantitative estimate of drug-likeness (QED) is 0.869. The van der Waals surface area contributed by atoms with Gasteiger partial charge in [0.25, 0.3) is 5.91 Å². The first-order valence-electron chi connectivity index (χ1n) is 9.15. The van der Waals surface area contributed by atoms with Gasteiger partial charge in [-0.15, -0.1) is 0 Å². The number of halogens is 1. The number of fused-ring (bicyclic) bond motifs is 3. The lowest BCUT2D eigenvalue weighted by molar-refractivity contribution is -0.138. The molecule has 1 aromatic carbocycles. The highest BCUT2D eigenvalue weighted by atomic mass is 35.5. The molecule has 3 atom stereocenters. The number of rotatable bonds is 3. The third kappa shape index (κ3) is 2.66. The van der Waals surface area contributed by atoms with Gasteiger partial charge in [-0.2, -0.15) is 0 Å². The highest BCUT2D eigenvalue weighted by Crippen LogP contribution is 2.33. The molecule has 1 N–H and O–H groups in total. The predicted octanol–water partition coefficient (Wildman–Crippen LogP) is 1.74. The molecule has 3 heterocycles. The Bertz CT molecular complexity index is 729. The molecule has 3 aliphatic heterocycles. The van der Waals surface area contributed by atoms with Gasteiger partial charge in [0.2, 0.25) is 0 Å². The molecule has 1 aromatic rings. The number of imide groups is 1. The second-order valence-electron chi connectivity index (χ2n) is 7.08. The molecular weight excluding hydrogens is 354 g/mol. The Morgan fingerprint density at radius 3 is 2.81 bits per heavy atom. The highest BCUT2D eigenvalue weighted by Gasteiger charge is 2.55. The molecule has 0 radical (unpaired) electrons. The van der Waals surface area contributed by atoms with Crippen LogP contribution in [0, 0.1) is 0 Å². The van der Waals surface area contributed by atoms with Gasteiger partial charge in [-0.3, -0.25) is 19.9 Å². The number of hydrogen-bond acceptors (Lipinski definition) is 5. The van der Waals surface area contributed by atoms with Gasteiger partial charge < -0.3 is 9.80 Å². The van der Waals surface area contributed by atoms with Crippen molar-refractivity contribution in [1.29, 1.82) is 0 Å². The van der Waals surface area contributed by atoms with Crippen molar-refractivity contribution in [2.45, 2.75) is 38.3 Å². The predicted molar refractivity (Wildman–Crippen MR) is 99.8 cm³/mol. The molecule has 7 nitrogen and oxygen atoms in total. The normalized spacial score (nSPS) is 29.2. The molecule has 0 aliphatic carbocycles. The van der Waals surface area contributed by atoms with Crippen LogP contribution in [-0.2, 0) is 4.79 Å². The second kappa shape index (κ2) is 6.72. The van der Waals surface area contributed by atoms with Crippen LogP contribution >= 0.6 is 11.6 Å². The molecular formula is C18H24ClN5O2. The largest absolute Gasteiger partial charge is 0.343 e. The minimum absolute atomic E-state index is 0.0945. The van der Waals surface area contributed by atoms with E-state index >= 15 is 0 Å². The van der Waals surface area contributed by atoms with Crippen molar-refractivity contribution >= 4 is 29.2 Å². The molecule has 0 spiro atoms. The zero-order valence-corrected chi connectivity index (χ0v) is 15.8. The summed E-state index contributed by atoms with van der Waals surface area (Å²) < 4.78 is 0. The van der Waals surface area contributed by atoms with Gasteiger partial charge >= 0.3 is 6.03 Å². The number of carbonyl (C=O) groups excluding carboxylic acids is 2. The molecule has 26 heavy (non-hydrogen) atoms. The van der Waals surface area contributed by atoms with Crippen LogP contribution < -0.4 is 10.2 Å². The highest BCUT2D eigenvalue weighted by molar-refractivity contribution is 6.30. The molecule has 3 unspecified atom stereocenters. The van der Waals surface area contributed by atoms with Crippen molar-refractivity contribution in [3.63, 3.8) is 0 Å². The van der Waals surface area contributed by atoms with E-state index in [1.54, 1.807) is 11.9 Å². The average Bonchev–Trinajstić information content (AvgIpc) is 3.03. The smallest absolute Gasteiger partial charge is 0.327 e. The number of nitrogens with zero attached hydrogens (tertiary/aromatic N) is 4. The summed E-state index contributed by atoms with van der Waals surface area (Å²) in [6, 6.07) is 7.18. The minimum Gasteiger partial charge on any atom is -0.343 e. The van der Waals surface area contributed by atoms with Gasteiger partial charge in [0.15, 0.2) is 0 Å². The number of likely N-dealkylation sites (N-methyl/N-ethyl adjacent to an activating group) is 1. The van der Waals surface area contributed by atoms with Crippen LogP contribution in [0.1, 0.15) is 19.8 Å². The van der Waals surface area contributed by atoms with E-state index < -0.39 is 0 Å². The second-order valence-corrected chi connectivity index (χ2v) is 7.51. The SMILES string of the molecule is CCCN1C(=O)C2C(NC3N(c4cccc(Cl)c4)CCCN23)N(C)C1=O. The summed E-state index contributed by atoms with van der Waals surface area (Å²) >= 11 is 6.17. The van der Waals surface area contributed by atoms with Crippen molar-refractivity contribution in [2.24, 2.45) is 0 Å². The Balaban J connectivity index is 1.66. The maximum absolute atomic E-state index is 13.1.